The van der Waals surface area contributed by atoms with Crippen molar-refractivity contribution < 1.29 is 0 Å². The van der Waals surface area contributed by atoms with Crippen LogP contribution in [0.25, 0.3) is 76.1 Å². The molecular weight excluding hydrogens is 513 g/mol. The predicted octanol–water partition coefficient (Wildman–Crippen LogP) is 11.9. The summed E-state index contributed by atoms with van der Waals surface area (Å²) in [4.78, 5) is 0. The summed E-state index contributed by atoms with van der Waals surface area (Å²) in [6.45, 7) is 0. The lowest BCUT2D eigenvalue weighted by atomic mass is 9.85. The van der Waals surface area contributed by atoms with Crippen LogP contribution in [0.4, 0.5) is 0 Å². The van der Waals surface area contributed by atoms with Crippen LogP contribution in [0.2, 0.25) is 0 Å². The number of hydrogen-bond acceptors (Lipinski definition) is 1. The highest BCUT2D eigenvalue weighted by atomic mass is 32.1. The van der Waals surface area contributed by atoms with E-state index in [1.807, 2.05) is 11.3 Å². The second kappa shape index (κ2) is 9.89. The standard InChI is InChI=1S/C40H26S/c1-4-14-27(15-5-1)30-24-35(28-16-6-2-7-17-28)40-36(25-30)37(26-41-40)39-33-22-12-10-20-31(33)38(29-18-8-3-9-19-29)32-21-11-13-23-34(32)39/h1-26H. The fourth-order valence-corrected chi connectivity index (χ4v) is 7.37. The van der Waals surface area contributed by atoms with Gasteiger partial charge in [-0.25, -0.2) is 0 Å². The van der Waals surface area contributed by atoms with Crippen LogP contribution in [0.5, 0.6) is 0 Å². The Morgan fingerprint density at radius 1 is 0.317 bits per heavy atom. The smallest absolute Gasteiger partial charge is 0.0428 e. The van der Waals surface area contributed by atoms with Gasteiger partial charge >= 0.3 is 0 Å². The summed E-state index contributed by atoms with van der Waals surface area (Å²) in [6, 6.07) is 55.0. The van der Waals surface area contributed by atoms with E-state index >= 15 is 0 Å². The third kappa shape index (κ3) is 3.97. The quantitative estimate of drug-likeness (QED) is 0.195. The van der Waals surface area contributed by atoms with Gasteiger partial charge in [0.1, 0.15) is 0 Å². The molecule has 0 N–H and O–H groups in total. The van der Waals surface area contributed by atoms with Gasteiger partial charge in [0.15, 0.2) is 0 Å². The first-order valence-corrected chi connectivity index (χ1v) is 14.9. The minimum Gasteiger partial charge on any atom is -0.142 e. The van der Waals surface area contributed by atoms with Crippen LogP contribution in [0, 0.1) is 0 Å². The summed E-state index contributed by atoms with van der Waals surface area (Å²) in [6.07, 6.45) is 0. The molecule has 0 fully saturated rings. The summed E-state index contributed by atoms with van der Waals surface area (Å²) in [7, 11) is 0. The van der Waals surface area contributed by atoms with Gasteiger partial charge in [-0.05, 0) is 72.4 Å². The molecule has 0 radical (unpaired) electrons. The average Bonchev–Trinajstić information content (AvgIpc) is 3.48. The average molecular weight is 539 g/mol. The Morgan fingerprint density at radius 3 is 1.34 bits per heavy atom. The maximum Gasteiger partial charge on any atom is 0.0428 e. The van der Waals surface area contributed by atoms with Gasteiger partial charge in [0.25, 0.3) is 0 Å². The molecule has 0 nitrogen and oxygen atoms in total. The summed E-state index contributed by atoms with van der Waals surface area (Å²) < 4.78 is 1.33. The minimum absolute atomic E-state index is 1.23. The van der Waals surface area contributed by atoms with E-state index in [1.54, 1.807) is 0 Å². The van der Waals surface area contributed by atoms with Gasteiger partial charge in [-0.3, -0.25) is 0 Å². The number of rotatable bonds is 4. The van der Waals surface area contributed by atoms with E-state index in [0.717, 1.165) is 0 Å². The van der Waals surface area contributed by atoms with Crippen molar-refractivity contribution in [2.24, 2.45) is 0 Å². The summed E-state index contributed by atoms with van der Waals surface area (Å²) in [5.41, 5.74) is 10.2. The Bertz CT molecular complexity index is 2120. The second-order valence-corrected chi connectivity index (χ2v) is 11.4. The first-order valence-electron chi connectivity index (χ1n) is 14.0. The van der Waals surface area contributed by atoms with Crippen molar-refractivity contribution in [2.75, 3.05) is 0 Å². The maximum absolute atomic E-state index is 2.40. The number of fused-ring (bicyclic) bond motifs is 3. The van der Waals surface area contributed by atoms with Crippen LogP contribution in [-0.4, -0.2) is 0 Å². The van der Waals surface area contributed by atoms with Gasteiger partial charge < -0.3 is 0 Å². The lowest BCUT2D eigenvalue weighted by Crippen LogP contribution is -1.90. The largest absolute Gasteiger partial charge is 0.142 e. The molecular formula is C40H26S. The van der Waals surface area contributed by atoms with Crippen molar-refractivity contribution in [2.45, 2.75) is 0 Å². The Morgan fingerprint density at radius 2 is 0.780 bits per heavy atom. The van der Waals surface area contributed by atoms with E-state index < -0.39 is 0 Å². The Balaban J connectivity index is 1.50. The summed E-state index contributed by atoms with van der Waals surface area (Å²) in [5.74, 6) is 0. The molecule has 0 atom stereocenters. The SMILES string of the molecule is c1ccc(-c2cc(-c3ccccc3)c3scc(-c4c5ccccc5c(-c5ccccc5)c5ccccc45)c3c2)cc1. The number of benzene rings is 7. The topological polar surface area (TPSA) is 0 Å². The van der Waals surface area contributed by atoms with E-state index in [9.17, 15) is 0 Å². The molecule has 0 spiro atoms. The molecule has 8 rings (SSSR count). The van der Waals surface area contributed by atoms with Crippen LogP contribution in [0.1, 0.15) is 0 Å². The Labute approximate surface area is 243 Å². The highest BCUT2D eigenvalue weighted by molar-refractivity contribution is 7.18. The van der Waals surface area contributed by atoms with E-state index in [0.29, 0.717) is 0 Å². The molecule has 0 saturated heterocycles. The normalized spacial score (nSPS) is 11.4. The first kappa shape index (κ1) is 23.9. The zero-order valence-electron chi connectivity index (χ0n) is 22.4. The van der Waals surface area contributed by atoms with Crippen LogP contribution >= 0.6 is 11.3 Å². The summed E-state index contributed by atoms with van der Waals surface area (Å²) >= 11 is 1.85. The molecule has 7 aromatic carbocycles. The number of thiophene rings is 1. The monoisotopic (exact) mass is 538 g/mol. The van der Waals surface area contributed by atoms with Gasteiger partial charge in [-0.1, -0.05) is 140 Å². The summed E-state index contributed by atoms with van der Waals surface area (Å²) in [5, 5.41) is 8.83. The van der Waals surface area contributed by atoms with Crippen LogP contribution < -0.4 is 0 Å². The van der Waals surface area contributed by atoms with Gasteiger partial charge in [-0.15, -0.1) is 11.3 Å². The first-order chi connectivity index (χ1) is 20.4. The molecule has 0 saturated carbocycles. The van der Waals surface area contributed by atoms with E-state index in [-0.39, 0.29) is 0 Å². The van der Waals surface area contributed by atoms with Crippen molar-refractivity contribution >= 4 is 43.0 Å². The molecule has 0 aliphatic rings. The lowest BCUT2D eigenvalue weighted by Gasteiger charge is -2.17. The molecule has 0 aliphatic carbocycles. The van der Waals surface area contributed by atoms with Crippen LogP contribution in [0.3, 0.4) is 0 Å². The van der Waals surface area contributed by atoms with Gasteiger partial charge in [0.05, 0.1) is 0 Å². The number of hydrogen-bond donors (Lipinski definition) is 0. The minimum atomic E-state index is 1.23. The fourth-order valence-electron chi connectivity index (χ4n) is 6.29. The van der Waals surface area contributed by atoms with Crippen molar-refractivity contribution in [3.05, 3.63) is 157 Å². The zero-order valence-corrected chi connectivity index (χ0v) is 23.2. The highest BCUT2D eigenvalue weighted by Gasteiger charge is 2.20. The van der Waals surface area contributed by atoms with Crippen LogP contribution in [0.15, 0.2) is 157 Å². The maximum atomic E-state index is 2.40. The molecule has 0 bridgehead atoms. The molecule has 1 heteroatoms. The molecule has 41 heavy (non-hydrogen) atoms. The van der Waals surface area contributed by atoms with Gasteiger partial charge in [0.2, 0.25) is 0 Å². The van der Waals surface area contributed by atoms with E-state index in [4.69, 9.17) is 0 Å². The molecule has 192 valence electrons. The van der Waals surface area contributed by atoms with Crippen molar-refractivity contribution in [3.63, 3.8) is 0 Å². The fraction of sp³-hybridized carbons (Fsp3) is 0. The van der Waals surface area contributed by atoms with Gasteiger partial charge in [0, 0.05) is 21.2 Å². The van der Waals surface area contributed by atoms with Crippen molar-refractivity contribution in [1.29, 1.82) is 0 Å². The third-order valence-corrected chi connectivity index (χ3v) is 9.16. The second-order valence-electron chi connectivity index (χ2n) is 10.5. The predicted molar refractivity (Wildman–Crippen MR) is 179 cm³/mol. The molecule has 8 aromatic rings. The van der Waals surface area contributed by atoms with Crippen LogP contribution in [-0.2, 0) is 0 Å². The lowest BCUT2D eigenvalue weighted by molar-refractivity contribution is 1.63. The highest BCUT2D eigenvalue weighted by Crippen LogP contribution is 2.48. The molecule has 1 heterocycles. The molecule has 1 aromatic heterocycles. The molecule has 0 amide bonds. The van der Waals surface area contributed by atoms with Crippen molar-refractivity contribution in [1.82, 2.24) is 0 Å². The molecule has 0 unspecified atom stereocenters. The molecule has 0 aliphatic heterocycles. The Kier molecular flexibility index (Phi) is 5.76. The van der Waals surface area contributed by atoms with E-state index in [2.05, 4.69) is 157 Å². The van der Waals surface area contributed by atoms with E-state index in [1.165, 1.54) is 76.1 Å². The van der Waals surface area contributed by atoms with Gasteiger partial charge in [-0.2, -0.15) is 0 Å². The Hall–Kier alpha value is -4.98. The third-order valence-electron chi connectivity index (χ3n) is 8.13. The van der Waals surface area contributed by atoms with Crippen molar-refractivity contribution in [3.8, 4) is 44.5 Å². The zero-order chi connectivity index (χ0) is 27.2.